The molecule has 1 aliphatic heterocycles. The summed E-state index contributed by atoms with van der Waals surface area (Å²) in [4.78, 5) is 25.4. The van der Waals surface area contributed by atoms with Crippen LogP contribution in [0, 0.1) is 13.8 Å². The van der Waals surface area contributed by atoms with E-state index in [1.807, 2.05) is 11.6 Å². The van der Waals surface area contributed by atoms with Gasteiger partial charge >= 0.3 is 5.97 Å². The van der Waals surface area contributed by atoms with Gasteiger partial charge in [-0.25, -0.2) is 9.48 Å². The summed E-state index contributed by atoms with van der Waals surface area (Å²) in [6.07, 6.45) is 8.93. The van der Waals surface area contributed by atoms with Gasteiger partial charge in [-0.15, -0.1) is 10.3 Å². The van der Waals surface area contributed by atoms with Crippen molar-refractivity contribution in [3.8, 4) is 11.1 Å². The Balaban J connectivity index is 1.89. The van der Waals surface area contributed by atoms with Crippen LogP contribution in [0.25, 0.3) is 22.0 Å². The predicted octanol–water partition coefficient (Wildman–Crippen LogP) is 8.13. The molecule has 244 valence electrons. The summed E-state index contributed by atoms with van der Waals surface area (Å²) in [5.74, 6) is 0.122. The molecule has 0 amide bonds. The second-order valence-corrected chi connectivity index (χ2v) is 18.0. The van der Waals surface area contributed by atoms with Crippen molar-refractivity contribution < 1.29 is 23.2 Å². The van der Waals surface area contributed by atoms with Crippen molar-refractivity contribution in [2.24, 2.45) is 0 Å². The highest BCUT2D eigenvalue weighted by molar-refractivity contribution is 8.29. The molecule has 2 aromatic heterocycles. The number of rotatable bonds is 11. The van der Waals surface area contributed by atoms with Crippen LogP contribution in [0.2, 0.25) is 0 Å². The first-order valence-electron chi connectivity index (χ1n) is 15.7. The summed E-state index contributed by atoms with van der Waals surface area (Å²) in [6, 6.07) is 4.31. The lowest BCUT2D eigenvalue weighted by Gasteiger charge is -2.43. The minimum Gasteiger partial charge on any atom is -0.464 e. The summed E-state index contributed by atoms with van der Waals surface area (Å²) in [5, 5.41) is 6.17. The van der Waals surface area contributed by atoms with Crippen LogP contribution in [0.15, 0.2) is 12.1 Å². The largest absolute Gasteiger partial charge is 0.464 e. The SMILES string of the molecule is CCc1ccc2c(c(C)c(C(=O)OC)n2CCCOS(C)(C)C(C)(C)C)c1-c1c(CSC(C)=O)nn(C2CCCCO2)c1C. The van der Waals surface area contributed by atoms with Crippen molar-refractivity contribution >= 4 is 44.1 Å². The van der Waals surface area contributed by atoms with Crippen LogP contribution in [-0.4, -0.2) is 63.0 Å². The summed E-state index contributed by atoms with van der Waals surface area (Å²) in [6.45, 7) is 16.5. The summed E-state index contributed by atoms with van der Waals surface area (Å²) >= 11 is 1.27. The van der Waals surface area contributed by atoms with Crippen LogP contribution in [-0.2, 0) is 37.2 Å². The van der Waals surface area contributed by atoms with Crippen LogP contribution in [0.1, 0.15) is 99.5 Å². The number of hydrogen-bond acceptors (Lipinski definition) is 7. The Labute approximate surface area is 269 Å². The first kappa shape index (κ1) is 34.6. The minimum atomic E-state index is -1.25. The third kappa shape index (κ3) is 6.93. The molecule has 1 fully saturated rings. The zero-order valence-corrected chi connectivity index (χ0v) is 29.9. The van der Waals surface area contributed by atoms with Gasteiger partial charge < -0.3 is 18.2 Å². The smallest absolute Gasteiger partial charge is 0.354 e. The van der Waals surface area contributed by atoms with E-state index in [9.17, 15) is 9.59 Å². The molecule has 0 spiro atoms. The average molecular weight is 646 g/mol. The van der Waals surface area contributed by atoms with Crippen LogP contribution >= 0.6 is 22.1 Å². The zero-order valence-electron chi connectivity index (χ0n) is 28.3. The first-order valence-corrected chi connectivity index (χ1v) is 19.0. The zero-order chi connectivity index (χ0) is 32.4. The molecule has 10 heteroatoms. The summed E-state index contributed by atoms with van der Waals surface area (Å²) in [7, 11) is 0.193. The molecule has 0 saturated carbocycles. The van der Waals surface area contributed by atoms with Crippen LogP contribution in [0.3, 0.4) is 0 Å². The highest BCUT2D eigenvalue weighted by Crippen LogP contribution is 2.53. The second kappa shape index (κ2) is 14.0. The molecule has 0 bridgehead atoms. The highest BCUT2D eigenvalue weighted by atomic mass is 32.3. The van der Waals surface area contributed by atoms with Crippen molar-refractivity contribution in [3.05, 3.63) is 40.3 Å². The Morgan fingerprint density at radius 2 is 1.89 bits per heavy atom. The Morgan fingerprint density at radius 3 is 2.48 bits per heavy atom. The van der Waals surface area contributed by atoms with Gasteiger partial charge in [0.2, 0.25) is 0 Å². The van der Waals surface area contributed by atoms with Crippen molar-refractivity contribution in [2.75, 3.05) is 32.8 Å². The minimum absolute atomic E-state index is 0.0556. The van der Waals surface area contributed by atoms with E-state index in [0.717, 1.165) is 77.7 Å². The molecule has 4 rings (SSSR count). The van der Waals surface area contributed by atoms with Gasteiger partial charge in [-0.2, -0.15) is 5.10 Å². The molecule has 44 heavy (non-hydrogen) atoms. The second-order valence-electron chi connectivity index (χ2n) is 12.9. The number of aromatic nitrogens is 3. The van der Waals surface area contributed by atoms with Gasteiger partial charge in [0.25, 0.3) is 0 Å². The number of ether oxygens (including phenoxy) is 2. The maximum absolute atomic E-state index is 13.3. The number of hydrogen-bond donors (Lipinski definition) is 0. The lowest BCUT2D eigenvalue weighted by Crippen LogP contribution is -2.25. The van der Waals surface area contributed by atoms with Gasteiger partial charge in [0.1, 0.15) is 11.9 Å². The fourth-order valence-corrected chi connectivity index (χ4v) is 7.32. The Morgan fingerprint density at radius 1 is 1.16 bits per heavy atom. The lowest BCUT2D eigenvalue weighted by atomic mass is 9.91. The number of methoxy groups -OCH3 is 1. The molecule has 0 N–H and O–H groups in total. The average Bonchev–Trinajstić information content (AvgIpc) is 3.46. The standard InChI is InChI=1S/C34H51N3O5S2/c1-11-25-16-17-27-29(22(2)32(33(39)40-8)36(27)18-14-20-42-44(9,10)34(5,6)7)31(25)30-23(3)37(28-15-12-13-19-41-28)35-26(30)21-43-24(4)38/h16-17,28H,11-15,18-21H2,1-10H3. The Kier molecular flexibility index (Phi) is 11.0. The van der Waals surface area contributed by atoms with Gasteiger partial charge in [0, 0.05) is 52.7 Å². The molecule has 1 aliphatic rings. The Bertz CT molecular complexity index is 1510. The fourth-order valence-electron chi connectivity index (χ4n) is 5.89. The number of thioether (sulfide) groups is 1. The molecule has 1 saturated heterocycles. The van der Waals surface area contributed by atoms with Gasteiger partial charge in [-0.3, -0.25) is 4.79 Å². The maximum atomic E-state index is 13.3. The molecule has 8 nitrogen and oxygen atoms in total. The molecule has 3 heterocycles. The predicted molar refractivity (Wildman–Crippen MR) is 184 cm³/mol. The molecule has 1 atom stereocenters. The monoisotopic (exact) mass is 645 g/mol. The molecule has 3 aromatic rings. The molecular formula is C34H51N3O5S2. The number of benzene rings is 1. The van der Waals surface area contributed by atoms with Crippen LogP contribution in [0.5, 0.6) is 0 Å². The highest BCUT2D eigenvalue weighted by Gasteiger charge is 2.31. The number of fused-ring (bicyclic) bond motifs is 1. The van der Waals surface area contributed by atoms with Crippen molar-refractivity contribution in [3.63, 3.8) is 0 Å². The molecular weight excluding hydrogens is 595 g/mol. The van der Waals surface area contributed by atoms with E-state index in [1.165, 1.54) is 24.4 Å². The molecule has 1 aromatic carbocycles. The lowest BCUT2D eigenvalue weighted by molar-refractivity contribution is -0.109. The van der Waals surface area contributed by atoms with Crippen LogP contribution in [0.4, 0.5) is 0 Å². The van der Waals surface area contributed by atoms with Crippen molar-refractivity contribution in [1.82, 2.24) is 14.3 Å². The maximum Gasteiger partial charge on any atom is 0.354 e. The normalized spacial score (nSPS) is 16.5. The quantitative estimate of drug-likeness (QED) is 0.154. The van der Waals surface area contributed by atoms with Gasteiger partial charge in [0.15, 0.2) is 5.12 Å². The first-order chi connectivity index (χ1) is 20.7. The van der Waals surface area contributed by atoms with E-state index in [4.69, 9.17) is 18.8 Å². The van der Waals surface area contributed by atoms with E-state index < -0.39 is 10.3 Å². The van der Waals surface area contributed by atoms with Gasteiger partial charge in [-0.1, -0.05) is 45.5 Å². The molecule has 1 unspecified atom stereocenters. The van der Waals surface area contributed by atoms with E-state index in [1.54, 1.807) is 6.92 Å². The fraction of sp³-hybridized carbons (Fsp3) is 0.618. The molecule has 0 aliphatic carbocycles. The van der Waals surface area contributed by atoms with Crippen LogP contribution < -0.4 is 0 Å². The number of aryl methyl sites for hydroxylation is 3. The molecule has 0 radical (unpaired) electrons. The summed E-state index contributed by atoms with van der Waals surface area (Å²) < 4.78 is 22.1. The van der Waals surface area contributed by atoms with Gasteiger partial charge in [0.05, 0.1) is 19.4 Å². The number of carbonyl (C=O) groups is 2. The number of carbonyl (C=O) groups excluding carboxylic acids is 2. The van der Waals surface area contributed by atoms with E-state index in [2.05, 4.69) is 63.8 Å². The third-order valence-electron chi connectivity index (χ3n) is 9.01. The van der Waals surface area contributed by atoms with Crippen molar-refractivity contribution in [2.45, 2.75) is 104 Å². The number of esters is 1. The third-order valence-corrected chi connectivity index (χ3v) is 13.5. The van der Waals surface area contributed by atoms with Gasteiger partial charge in [-0.05, 0) is 81.2 Å². The van der Waals surface area contributed by atoms with Crippen molar-refractivity contribution in [1.29, 1.82) is 0 Å². The van der Waals surface area contributed by atoms with E-state index in [0.29, 0.717) is 24.6 Å². The van der Waals surface area contributed by atoms with E-state index >= 15 is 0 Å². The number of nitrogens with zero attached hydrogens (tertiary/aromatic N) is 3. The van der Waals surface area contributed by atoms with E-state index in [-0.39, 0.29) is 22.1 Å². The topological polar surface area (TPSA) is 84.6 Å². The summed E-state index contributed by atoms with van der Waals surface area (Å²) in [5.41, 5.74) is 7.63. The Hall–Kier alpha value is -2.27.